The second kappa shape index (κ2) is 10.7. The van der Waals surface area contributed by atoms with Gasteiger partial charge in [0, 0.05) is 6.08 Å². The predicted octanol–water partition coefficient (Wildman–Crippen LogP) is -1.55. The van der Waals surface area contributed by atoms with E-state index in [-0.39, 0.29) is 19.8 Å². The van der Waals surface area contributed by atoms with Crippen LogP contribution >= 0.6 is 0 Å². The largest absolute Gasteiger partial charge is 0.462 e. The van der Waals surface area contributed by atoms with Crippen LogP contribution in [0.1, 0.15) is 13.8 Å². The van der Waals surface area contributed by atoms with Gasteiger partial charge in [-0.1, -0.05) is 5.57 Å². The predicted molar refractivity (Wildman–Crippen MR) is 81.5 cm³/mol. The fraction of sp³-hybridized carbons (Fsp3) is 0.800. The maximum absolute atomic E-state index is 11.5. The molecule has 0 aromatic carbocycles. The quantitative estimate of drug-likeness (QED) is 0.213. The van der Waals surface area contributed by atoms with Crippen molar-refractivity contribution >= 4 is 5.97 Å². The van der Waals surface area contributed by atoms with Gasteiger partial charge in [0.1, 0.15) is 6.61 Å². The summed E-state index contributed by atoms with van der Waals surface area (Å²) in [4.78, 5) is 11.5. The molecule has 8 heteroatoms. The molecular formula is C15H28O8. The maximum atomic E-state index is 11.5. The van der Waals surface area contributed by atoms with Gasteiger partial charge in [-0.25, -0.2) is 4.79 Å². The molecule has 0 atom stereocenters. The van der Waals surface area contributed by atoms with E-state index in [1.165, 1.54) is 6.08 Å². The fourth-order valence-corrected chi connectivity index (χ4v) is 1.55. The number of rotatable bonds is 12. The molecule has 0 rings (SSSR count). The summed E-state index contributed by atoms with van der Waals surface area (Å²) in [6.45, 7) is 0.410. The normalized spacial score (nSPS) is 12.1. The van der Waals surface area contributed by atoms with Crippen LogP contribution in [-0.4, -0.2) is 84.4 Å². The van der Waals surface area contributed by atoms with Crippen molar-refractivity contribution in [3.8, 4) is 0 Å². The first-order chi connectivity index (χ1) is 10.8. The number of aliphatic hydroxyl groups excluding tert-OH is 5. The third kappa shape index (κ3) is 7.38. The first kappa shape index (κ1) is 22.0. The molecule has 0 aromatic rings. The number of esters is 1. The van der Waals surface area contributed by atoms with Crippen LogP contribution in [0.4, 0.5) is 0 Å². The molecule has 0 aromatic heterocycles. The van der Waals surface area contributed by atoms with E-state index in [2.05, 4.69) is 0 Å². The lowest BCUT2D eigenvalue weighted by atomic mass is 9.90. The maximum Gasteiger partial charge on any atom is 0.330 e. The number of carbonyl (C=O) groups excluding carboxylic acids is 1. The van der Waals surface area contributed by atoms with Gasteiger partial charge in [-0.15, -0.1) is 0 Å². The lowest BCUT2D eigenvalue weighted by Gasteiger charge is -2.32. The van der Waals surface area contributed by atoms with Crippen molar-refractivity contribution in [1.82, 2.24) is 0 Å². The first-order valence-corrected chi connectivity index (χ1v) is 7.26. The van der Waals surface area contributed by atoms with Crippen molar-refractivity contribution in [2.24, 2.45) is 10.8 Å². The zero-order valence-corrected chi connectivity index (χ0v) is 13.7. The zero-order chi connectivity index (χ0) is 17.9. The molecule has 5 N–H and O–H groups in total. The number of allylic oxidation sites excluding steroid dienone is 1. The Morgan fingerprint density at radius 2 is 1.26 bits per heavy atom. The molecule has 0 saturated carbocycles. The lowest BCUT2D eigenvalue weighted by molar-refractivity contribution is -0.149. The highest BCUT2D eigenvalue weighted by molar-refractivity contribution is 5.82. The van der Waals surface area contributed by atoms with Gasteiger partial charge in [0.15, 0.2) is 0 Å². The molecule has 0 radical (unpaired) electrons. The number of hydrogen-bond donors (Lipinski definition) is 5. The minimum atomic E-state index is -1.21. The molecule has 0 amide bonds. The average molecular weight is 336 g/mol. The number of carbonyl (C=O) groups is 1. The van der Waals surface area contributed by atoms with Gasteiger partial charge in [-0.05, 0) is 13.8 Å². The van der Waals surface area contributed by atoms with E-state index in [0.29, 0.717) is 0 Å². The summed E-state index contributed by atoms with van der Waals surface area (Å²) >= 11 is 0. The Labute approximate surface area is 136 Å². The van der Waals surface area contributed by atoms with Crippen molar-refractivity contribution in [1.29, 1.82) is 0 Å². The van der Waals surface area contributed by atoms with E-state index in [1.807, 2.05) is 0 Å². The van der Waals surface area contributed by atoms with E-state index in [9.17, 15) is 30.3 Å². The summed E-state index contributed by atoms with van der Waals surface area (Å²) in [5.41, 5.74) is -1.67. The van der Waals surface area contributed by atoms with Crippen LogP contribution in [0.5, 0.6) is 0 Å². The molecule has 0 heterocycles. The lowest BCUT2D eigenvalue weighted by Crippen LogP contribution is -2.44. The van der Waals surface area contributed by atoms with Crippen LogP contribution in [0.3, 0.4) is 0 Å². The number of aliphatic hydroxyl groups is 5. The Hall–Kier alpha value is -1.03. The SMILES string of the molecule is CC(C)=CC(=O)OCC(CO)(CO)COCC(CO)(CO)CO. The molecule has 0 aliphatic heterocycles. The van der Waals surface area contributed by atoms with E-state index >= 15 is 0 Å². The third-order valence-electron chi connectivity index (χ3n) is 3.42. The number of ether oxygens (including phenoxy) is 2. The van der Waals surface area contributed by atoms with Gasteiger partial charge in [-0.2, -0.15) is 0 Å². The Balaban J connectivity index is 4.66. The summed E-state index contributed by atoms with van der Waals surface area (Å²) in [5.74, 6) is -0.591. The molecule has 0 aliphatic rings. The fourth-order valence-electron chi connectivity index (χ4n) is 1.55. The molecule has 8 nitrogen and oxygen atoms in total. The molecule has 0 unspecified atom stereocenters. The minimum Gasteiger partial charge on any atom is -0.462 e. The summed E-state index contributed by atoms with van der Waals surface area (Å²) < 4.78 is 10.3. The second-order valence-electron chi connectivity index (χ2n) is 6.11. The standard InChI is InChI=1S/C15H28O8/c1-12(2)3-13(21)23-11-15(7-19,8-20)10-22-9-14(4-16,5-17)6-18/h3,16-20H,4-11H2,1-2H3. The van der Waals surface area contributed by atoms with Crippen LogP contribution in [0.15, 0.2) is 11.6 Å². The molecule has 0 spiro atoms. The number of hydrogen-bond acceptors (Lipinski definition) is 8. The highest BCUT2D eigenvalue weighted by atomic mass is 16.5. The minimum absolute atomic E-state index is 0.177. The third-order valence-corrected chi connectivity index (χ3v) is 3.42. The molecule has 0 aliphatic carbocycles. The average Bonchev–Trinajstić information content (AvgIpc) is 2.55. The van der Waals surface area contributed by atoms with Gasteiger partial charge in [-0.3, -0.25) is 0 Å². The smallest absolute Gasteiger partial charge is 0.330 e. The molecule has 0 fully saturated rings. The van der Waals surface area contributed by atoms with Crippen molar-refractivity contribution in [3.05, 3.63) is 11.6 Å². The van der Waals surface area contributed by atoms with E-state index in [4.69, 9.17) is 9.47 Å². The van der Waals surface area contributed by atoms with E-state index in [0.717, 1.165) is 5.57 Å². The topological polar surface area (TPSA) is 137 Å². The monoisotopic (exact) mass is 336 g/mol. The van der Waals surface area contributed by atoms with Crippen LogP contribution in [0.25, 0.3) is 0 Å². The molecule has 136 valence electrons. The first-order valence-electron chi connectivity index (χ1n) is 7.26. The Morgan fingerprint density at radius 3 is 1.65 bits per heavy atom. The van der Waals surface area contributed by atoms with E-state index in [1.54, 1.807) is 13.8 Å². The summed E-state index contributed by atoms with van der Waals surface area (Å²) in [6.07, 6.45) is 1.29. The molecule has 0 bridgehead atoms. The molecule has 0 saturated heterocycles. The van der Waals surface area contributed by atoms with Crippen molar-refractivity contribution < 1.29 is 39.8 Å². The van der Waals surface area contributed by atoms with Crippen molar-refractivity contribution in [2.45, 2.75) is 13.8 Å². The Kier molecular flexibility index (Phi) is 10.2. The van der Waals surface area contributed by atoms with Gasteiger partial charge in [0.2, 0.25) is 0 Å². The van der Waals surface area contributed by atoms with Gasteiger partial charge in [0.05, 0.1) is 57.1 Å². The van der Waals surface area contributed by atoms with Crippen LogP contribution in [0, 0.1) is 10.8 Å². The van der Waals surface area contributed by atoms with Gasteiger partial charge < -0.3 is 35.0 Å². The highest BCUT2D eigenvalue weighted by Gasteiger charge is 2.34. The highest BCUT2D eigenvalue weighted by Crippen LogP contribution is 2.21. The van der Waals surface area contributed by atoms with Gasteiger partial charge in [0.25, 0.3) is 0 Å². The van der Waals surface area contributed by atoms with Crippen LogP contribution in [0.2, 0.25) is 0 Å². The summed E-state index contributed by atoms with van der Waals surface area (Å²) in [6, 6.07) is 0. The van der Waals surface area contributed by atoms with Crippen molar-refractivity contribution in [3.63, 3.8) is 0 Å². The Morgan fingerprint density at radius 1 is 0.826 bits per heavy atom. The second-order valence-corrected chi connectivity index (χ2v) is 6.11. The Bertz CT molecular complexity index is 359. The molecule has 23 heavy (non-hydrogen) atoms. The van der Waals surface area contributed by atoms with Gasteiger partial charge >= 0.3 is 5.97 Å². The van der Waals surface area contributed by atoms with E-state index < -0.39 is 49.8 Å². The zero-order valence-electron chi connectivity index (χ0n) is 13.7. The summed E-state index contributed by atoms with van der Waals surface area (Å²) in [5, 5.41) is 46.6. The summed E-state index contributed by atoms with van der Waals surface area (Å²) in [7, 11) is 0. The van der Waals surface area contributed by atoms with Crippen molar-refractivity contribution in [2.75, 3.05) is 52.9 Å². The van der Waals surface area contributed by atoms with Crippen LogP contribution in [-0.2, 0) is 14.3 Å². The van der Waals surface area contributed by atoms with Crippen LogP contribution < -0.4 is 0 Å². The molecular weight excluding hydrogens is 308 g/mol.